The minimum absolute atomic E-state index is 0.321. The molecule has 108 valence electrons. The fraction of sp³-hybridized carbons (Fsp3) is 0.438. The minimum Gasteiger partial charge on any atom is -0.305 e. The van der Waals surface area contributed by atoms with Crippen molar-refractivity contribution in [3.8, 4) is 0 Å². The average molecular weight is 336 g/mol. The van der Waals surface area contributed by atoms with Gasteiger partial charge in [0, 0.05) is 19.6 Å². The van der Waals surface area contributed by atoms with Crippen LogP contribution in [0.3, 0.4) is 0 Å². The first-order chi connectivity index (χ1) is 9.52. The number of rotatable bonds is 5. The molecule has 1 heterocycles. The molecule has 0 fully saturated rings. The molecule has 0 spiro atoms. The summed E-state index contributed by atoms with van der Waals surface area (Å²) in [6, 6.07) is 8.95. The molecule has 4 heteroatoms. The molecule has 0 amide bonds. The van der Waals surface area contributed by atoms with Gasteiger partial charge in [0.1, 0.15) is 0 Å². The van der Waals surface area contributed by atoms with Gasteiger partial charge in [0.2, 0.25) is 0 Å². The molecule has 0 saturated carbocycles. The van der Waals surface area contributed by atoms with Gasteiger partial charge in [-0.25, -0.2) is 0 Å². The molecule has 20 heavy (non-hydrogen) atoms. The Labute approximate surface area is 129 Å². The molecule has 1 aromatic heterocycles. The summed E-state index contributed by atoms with van der Waals surface area (Å²) in [5, 5.41) is 8.09. The smallest absolute Gasteiger partial charge is 0.0767 e. The number of nitrogens with one attached hydrogen (secondary N) is 1. The average Bonchev–Trinajstić information content (AvgIpc) is 2.71. The van der Waals surface area contributed by atoms with Crippen LogP contribution in [0, 0.1) is 6.92 Å². The van der Waals surface area contributed by atoms with E-state index in [4.69, 9.17) is 0 Å². The molecule has 0 saturated heterocycles. The molecule has 0 aliphatic heterocycles. The largest absolute Gasteiger partial charge is 0.305 e. The number of hydrogen-bond donors (Lipinski definition) is 1. The molecule has 1 atom stereocenters. The summed E-state index contributed by atoms with van der Waals surface area (Å²) < 4.78 is 3.09. The summed E-state index contributed by atoms with van der Waals surface area (Å²) in [7, 11) is 2.00. The molecular formula is C16H22BrN3. The van der Waals surface area contributed by atoms with Gasteiger partial charge < -0.3 is 5.32 Å². The Morgan fingerprint density at radius 3 is 2.75 bits per heavy atom. The van der Waals surface area contributed by atoms with Crippen molar-refractivity contribution in [2.24, 2.45) is 7.05 Å². The maximum atomic E-state index is 4.52. The van der Waals surface area contributed by atoms with Crippen molar-refractivity contribution in [1.29, 1.82) is 0 Å². The number of halogens is 1. The summed E-state index contributed by atoms with van der Waals surface area (Å²) in [4.78, 5) is 0. The topological polar surface area (TPSA) is 29.9 Å². The zero-order chi connectivity index (χ0) is 14.7. The Kier molecular flexibility index (Phi) is 5.00. The summed E-state index contributed by atoms with van der Waals surface area (Å²) in [6.45, 7) is 7.25. The normalized spacial score (nSPS) is 12.7. The number of aromatic nitrogens is 2. The molecule has 2 aromatic rings. The van der Waals surface area contributed by atoms with Gasteiger partial charge in [-0.3, -0.25) is 4.68 Å². The van der Waals surface area contributed by atoms with Crippen molar-refractivity contribution in [3.63, 3.8) is 0 Å². The molecule has 1 N–H and O–H groups in total. The highest BCUT2D eigenvalue weighted by molar-refractivity contribution is 9.10. The molecule has 3 nitrogen and oxygen atoms in total. The second kappa shape index (κ2) is 6.55. The van der Waals surface area contributed by atoms with Gasteiger partial charge in [0.05, 0.1) is 15.9 Å². The molecule has 0 radical (unpaired) electrons. The predicted octanol–water partition coefficient (Wildman–Crippen LogP) is 3.90. The van der Waals surface area contributed by atoms with Crippen LogP contribution in [0.5, 0.6) is 0 Å². The number of nitrogens with zero attached hydrogens (tertiary/aromatic N) is 2. The van der Waals surface area contributed by atoms with Gasteiger partial charge in [-0.1, -0.05) is 36.8 Å². The van der Waals surface area contributed by atoms with Crippen molar-refractivity contribution >= 4 is 15.9 Å². The zero-order valence-electron chi connectivity index (χ0n) is 12.6. The molecule has 0 unspecified atom stereocenters. The summed E-state index contributed by atoms with van der Waals surface area (Å²) in [6.07, 6.45) is 0.946. The van der Waals surface area contributed by atoms with Crippen LogP contribution >= 0.6 is 15.9 Å². The van der Waals surface area contributed by atoms with E-state index in [0.717, 1.165) is 23.1 Å². The van der Waals surface area contributed by atoms with E-state index in [-0.39, 0.29) is 0 Å². The number of hydrogen-bond acceptors (Lipinski definition) is 2. The molecule has 1 aromatic carbocycles. The van der Waals surface area contributed by atoms with Gasteiger partial charge in [-0.2, -0.15) is 5.10 Å². The van der Waals surface area contributed by atoms with E-state index in [1.54, 1.807) is 0 Å². The van der Waals surface area contributed by atoms with Crippen molar-refractivity contribution < 1.29 is 0 Å². The number of benzene rings is 1. The van der Waals surface area contributed by atoms with E-state index in [2.05, 4.69) is 71.4 Å². The van der Waals surface area contributed by atoms with Crippen LogP contribution in [0.4, 0.5) is 0 Å². The summed E-state index contributed by atoms with van der Waals surface area (Å²) in [5.41, 5.74) is 4.93. The standard InChI is InChI=1S/C16H22BrN3/c1-5-14-16(17)15(20(4)19-14)10-18-12(3)13-8-6-7-11(2)9-13/h6-9,12,18H,5,10H2,1-4H3/t12-/m0/s1. The van der Waals surface area contributed by atoms with E-state index >= 15 is 0 Å². The van der Waals surface area contributed by atoms with Crippen LogP contribution in [0.1, 0.15) is 42.4 Å². The molecule has 0 aliphatic carbocycles. The van der Waals surface area contributed by atoms with Crippen LogP contribution in [-0.2, 0) is 20.0 Å². The zero-order valence-corrected chi connectivity index (χ0v) is 14.2. The van der Waals surface area contributed by atoms with Crippen LogP contribution < -0.4 is 5.32 Å². The third-order valence-corrected chi connectivity index (χ3v) is 4.54. The maximum absolute atomic E-state index is 4.52. The summed E-state index contributed by atoms with van der Waals surface area (Å²) in [5.74, 6) is 0. The van der Waals surface area contributed by atoms with Gasteiger partial charge in [0.25, 0.3) is 0 Å². The van der Waals surface area contributed by atoms with E-state index in [1.807, 2.05) is 11.7 Å². The van der Waals surface area contributed by atoms with Crippen LogP contribution in [0.25, 0.3) is 0 Å². The second-order valence-electron chi connectivity index (χ2n) is 5.20. The Hall–Kier alpha value is -1.13. The van der Waals surface area contributed by atoms with Gasteiger partial charge in [-0.15, -0.1) is 0 Å². The minimum atomic E-state index is 0.321. The van der Waals surface area contributed by atoms with Crippen LogP contribution in [0.2, 0.25) is 0 Å². The highest BCUT2D eigenvalue weighted by atomic mass is 79.9. The first-order valence-corrected chi connectivity index (χ1v) is 7.82. The Bertz CT molecular complexity index is 589. The fourth-order valence-electron chi connectivity index (χ4n) is 2.32. The van der Waals surface area contributed by atoms with E-state index in [0.29, 0.717) is 6.04 Å². The van der Waals surface area contributed by atoms with Crippen molar-refractivity contribution in [2.45, 2.75) is 39.8 Å². The van der Waals surface area contributed by atoms with Crippen LogP contribution in [0.15, 0.2) is 28.7 Å². The lowest BCUT2D eigenvalue weighted by Crippen LogP contribution is -2.20. The Morgan fingerprint density at radius 2 is 2.15 bits per heavy atom. The number of aryl methyl sites for hydroxylation is 3. The van der Waals surface area contributed by atoms with Crippen molar-refractivity contribution in [2.75, 3.05) is 0 Å². The fourth-order valence-corrected chi connectivity index (χ4v) is 3.08. The van der Waals surface area contributed by atoms with Crippen LogP contribution in [-0.4, -0.2) is 9.78 Å². The van der Waals surface area contributed by atoms with E-state index in [1.165, 1.54) is 16.8 Å². The Morgan fingerprint density at radius 1 is 1.40 bits per heavy atom. The highest BCUT2D eigenvalue weighted by Crippen LogP contribution is 2.22. The lowest BCUT2D eigenvalue weighted by atomic mass is 10.1. The molecular weight excluding hydrogens is 314 g/mol. The maximum Gasteiger partial charge on any atom is 0.0767 e. The lowest BCUT2D eigenvalue weighted by molar-refractivity contribution is 0.546. The third kappa shape index (κ3) is 3.30. The second-order valence-corrected chi connectivity index (χ2v) is 5.99. The van der Waals surface area contributed by atoms with Gasteiger partial charge >= 0.3 is 0 Å². The first kappa shape index (κ1) is 15.3. The Balaban J connectivity index is 2.07. The highest BCUT2D eigenvalue weighted by Gasteiger charge is 2.13. The SMILES string of the molecule is CCc1nn(C)c(CN[C@@H](C)c2cccc(C)c2)c1Br. The predicted molar refractivity (Wildman–Crippen MR) is 86.7 cm³/mol. The molecule has 2 rings (SSSR count). The van der Waals surface area contributed by atoms with Crippen molar-refractivity contribution in [3.05, 3.63) is 51.3 Å². The quantitative estimate of drug-likeness (QED) is 0.897. The first-order valence-electron chi connectivity index (χ1n) is 7.03. The van der Waals surface area contributed by atoms with Gasteiger partial charge in [-0.05, 0) is 41.8 Å². The molecule has 0 bridgehead atoms. The third-order valence-electron chi connectivity index (χ3n) is 3.62. The van der Waals surface area contributed by atoms with Gasteiger partial charge in [0.15, 0.2) is 0 Å². The molecule has 0 aliphatic rings. The summed E-state index contributed by atoms with van der Waals surface area (Å²) >= 11 is 3.66. The van der Waals surface area contributed by atoms with Crippen molar-refractivity contribution in [1.82, 2.24) is 15.1 Å². The van der Waals surface area contributed by atoms with E-state index < -0.39 is 0 Å². The monoisotopic (exact) mass is 335 g/mol. The lowest BCUT2D eigenvalue weighted by Gasteiger charge is -2.15. The van der Waals surface area contributed by atoms with E-state index in [9.17, 15) is 0 Å².